The van der Waals surface area contributed by atoms with Crippen molar-refractivity contribution in [2.45, 2.75) is 33.2 Å². The van der Waals surface area contributed by atoms with Crippen molar-refractivity contribution in [3.8, 4) is 0 Å². The first-order valence-corrected chi connectivity index (χ1v) is 5.53. The predicted molar refractivity (Wildman–Crippen MR) is 69.7 cm³/mol. The van der Waals surface area contributed by atoms with Gasteiger partial charge in [-0.25, -0.2) is 4.79 Å². The molecule has 6 nitrogen and oxygen atoms in total. The molecule has 0 aliphatic rings. The minimum absolute atomic E-state index is 0.0387. The number of amides is 2. The van der Waals surface area contributed by atoms with Gasteiger partial charge in [0.2, 0.25) is 0 Å². The van der Waals surface area contributed by atoms with E-state index >= 15 is 0 Å². The Morgan fingerprint density at radius 3 is 2.39 bits per heavy atom. The first-order chi connectivity index (χ1) is 8.19. The van der Waals surface area contributed by atoms with Crippen molar-refractivity contribution in [3.05, 3.63) is 33.9 Å². The van der Waals surface area contributed by atoms with Crippen LogP contribution in [0.2, 0.25) is 0 Å². The Morgan fingerprint density at radius 1 is 1.33 bits per heavy atom. The molecule has 0 unspecified atom stereocenters. The third-order valence-corrected chi connectivity index (χ3v) is 2.14. The van der Waals surface area contributed by atoms with E-state index in [2.05, 4.69) is 10.6 Å². The summed E-state index contributed by atoms with van der Waals surface area (Å²) in [4.78, 5) is 21.8. The zero-order chi connectivity index (χ0) is 13.9. The molecule has 18 heavy (non-hydrogen) atoms. The second-order valence-electron chi connectivity index (χ2n) is 5.09. The molecule has 0 aliphatic heterocycles. The van der Waals surface area contributed by atoms with E-state index in [1.807, 2.05) is 20.8 Å². The van der Waals surface area contributed by atoms with Crippen LogP contribution in [0.1, 0.15) is 26.3 Å². The second-order valence-corrected chi connectivity index (χ2v) is 5.09. The van der Waals surface area contributed by atoms with Crippen LogP contribution >= 0.6 is 0 Å². The lowest BCUT2D eigenvalue weighted by molar-refractivity contribution is -0.385. The molecule has 0 bridgehead atoms. The molecule has 0 saturated heterocycles. The number of carbonyl (C=O) groups excluding carboxylic acids is 1. The van der Waals surface area contributed by atoms with Crippen LogP contribution in [-0.2, 0) is 0 Å². The fraction of sp³-hybridized carbons (Fsp3) is 0.417. The molecule has 0 radical (unpaired) electrons. The van der Waals surface area contributed by atoms with Crippen LogP contribution in [0.25, 0.3) is 0 Å². The van der Waals surface area contributed by atoms with Gasteiger partial charge in [-0.2, -0.15) is 0 Å². The minimum atomic E-state index is -0.450. The zero-order valence-electron chi connectivity index (χ0n) is 10.9. The third kappa shape index (κ3) is 4.04. The highest BCUT2D eigenvalue weighted by Crippen LogP contribution is 2.21. The Morgan fingerprint density at radius 2 is 1.94 bits per heavy atom. The van der Waals surface area contributed by atoms with Gasteiger partial charge in [0.05, 0.1) is 4.92 Å². The van der Waals surface area contributed by atoms with Crippen molar-refractivity contribution < 1.29 is 9.72 Å². The molecule has 2 N–H and O–H groups in total. The standard InChI is InChI=1S/C12H17N3O3/c1-8-7-9(5-6-10(8)15(17)18)13-11(16)14-12(2,3)4/h5-7H,1-4H3,(H2,13,14,16). The summed E-state index contributed by atoms with van der Waals surface area (Å²) in [5.74, 6) is 0. The average Bonchev–Trinajstić information content (AvgIpc) is 2.13. The normalized spacial score (nSPS) is 10.9. The molecule has 0 saturated carbocycles. The van der Waals surface area contributed by atoms with E-state index in [0.29, 0.717) is 11.3 Å². The van der Waals surface area contributed by atoms with Crippen LogP contribution in [0.4, 0.5) is 16.2 Å². The number of carbonyl (C=O) groups is 1. The van der Waals surface area contributed by atoms with Crippen LogP contribution in [0, 0.1) is 17.0 Å². The number of nitrogens with one attached hydrogen (secondary N) is 2. The lowest BCUT2D eigenvalue weighted by Gasteiger charge is -2.20. The van der Waals surface area contributed by atoms with Crippen molar-refractivity contribution in [3.63, 3.8) is 0 Å². The minimum Gasteiger partial charge on any atom is -0.333 e. The lowest BCUT2D eigenvalue weighted by Crippen LogP contribution is -2.43. The van der Waals surface area contributed by atoms with Crippen LogP contribution in [0.3, 0.4) is 0 Å². The largest absolute Gasteiger partial charge is 0.333 e. The van der Waals surface area contributed by atoms with Crippen molar-refractivity contribution in [2.75, 3.05) is 5.32 Å². The summed E-state index contributed by atoms with van der Waals surface area (Å²) in [7, 11) is 0. The Balaban J connectivity index is 2.78. The van der Waals surface area contributed by atoms with Gasteiger partial charge in [0.1, 0.15) is 0 Å². The van der Waals surface area contributed by atoms with Gasteiger partial charge in [0, 0.05) is 22.9 Å². The fourth-order valence-electron chi connectivity index (χ4n) is 1.44. The summed E-state index contributed by atoms with van der Waals surface area (Å²) >= 11 is 0. The maximum absolute atomic E-state index is 11.6. The topological polar surface area (TPSA) is 84.3 Å². The van der Waals surface area contributed by atoms with Crippen molar-refractivity contribution in [1.82, 2.24) is 5.32 Å². The number of nitro groups is 1. The smallest absolute Gasteiger partial charge is 0.319 e. The number of benzene rings is 1. The van der Waals surface area contributed by atoms with Crippen LogP contribution in [0.5, 0.6) is 0 Å². The summed E-state index contributed by atoms with van der Waals surface area (Å²) < 4.78 is 0. The number of anilines is 1. The molecular weight excluding hydrogens is 234 g/mol. The number of aryl methyl sites for hydroxylation is 1. The van der Waals surface area contributed by atoms with Crippen molar-refractivity contribution in [1.29, 1.82) is 0 Å². The first-order valence-electron chi connectivity index (χ1n) is 5.53. The molecule has 0 spiro atoms. The Kier molecular flexibility index (Phi) is 3.90. The fourth-order valence-corrected chi connectivity index (χ4v) is 1.44. The molecule has 6 heteroatoms. The summed E-state index contributed by atoms with van der Waals surface area (Å²) in [6.07, 6.45) is 0. The van der Waals surface area contributed by atoms with Crippen molar-refractivity contribution >= 4 is 17.4 Å². The maximum atomic E-state index is 11.6. The highest BCUT2D eigenvalue weighted by atomic mass is 16.6. The number of nitro benzene ring substituents is 1. The summed E-state index contributed by atoms with van der Waals surface area (Å²) in [6.45, 7) is 7.24. The number of nitrogens with zero attached hydrogens (tertiary/aromatic N) is 1. The van der Waals surface area contributed by atoms with E-state index in [1.165, 1.54) is 12.1 Å². The molecule has 0 atom stereocenters. The third-order valence-electron chi connectivity index (χ3n) is 2.14. The van der Waals surface area contributed by atoms with Gasteiger partial charge < -0.3 is 10.6 Å². The molecule has 1 aromatic carbocycles. The number of rotatable bonds is 2. The zero-order valence-corrected chi connectivity index (χ0v) is 10.9. The Bertz CT molecular complexity index is 478. The van der Waals surface area contributed by atoms with Crippen molar-refractivity contribution in [2.24, 2.45) is 0 Å². The van der Waals surface area contributed by atoms with E-state index in [9.17, 15) is 14.9 Å². The SMILES string of the molecule is Cc1cc(NC(=O)NC(C)(C)C)ccc1[N+](=O)[O-]. The van der Waals surface area contributed by atoms with Gasteiger partial charge in [-0.15, -0.1) is 0 Å². The highest BCUT2D eigenvalue weighted by molar-refractivity contribution is 5.90. The molecule has 98 valence electrons. The lowest BCUT2D eigenvalue weighted by atomic mass is 10.1. The quantitative estimate of drug-likeness (QED) is 0.626. The van der Waals surface area contributed by atoms with Crippen LogP contribution < -0.4 is 10.6 Å². The molecule has 0 aliphatic carbocycles. The van der Waals surface area contributed by atoms with E-state index in [1.54, 1.807) is 13.0 Å². The predicted octanol–water partition coefficient (Wildman–Crippen LogP) is 2.82. The van der Waals surface area contributed by atoms with E-state index in [4.69, 9.17) is 0 Å². The van der Waals surface area contributed by atoms with E-state index < -0.39 is 4.92 Å². The highest BCUT2D eigenvalue weighted by Gasteiger charge is 2.15. The van der Waals surface area contributed by atoms with Gasteiger partial charge in [-0.3, -0.25) is 10.1 Å². The van der Waals surface area contributed by atoms with E-state index in [0.717, 1.165) is 0 Å². The summed E-state index contributed by atoms with van der Waals surface area (Å²) in [5.41, 5.74) is 0.741. The van der Waals surface area contributed by atoms with Gasteiger partial charge in [-0.05, 0) is 39.8 Å². The second kappa shape index (κ2) is 5.03. The molecule has 0 aromatic heterocycles. The molecule has 0 fully saturated rings. The number of urea groups is 1. The maximum Gasteiger partial charge on any atom is 0.319 e. The molecule has 0 heterocycles. The molecule has 2 amide bonds. The average molecular weight is 251 g/mol. The molecule has 1 rings (SSSR count). The van der Waals surface area contributed by atoms with E-state index in [-0.39, 0.29) is 17.3 Å². The van der Waals surface area contributed by atoms with Gasteiger partial charge >= 0.3 is 6.03 Å². The summed E-state index contributed by atoms with van der Waals surface area (Å²) in [5, 5.41) is 16.0. The first kappa shape index (κ1) is 14.0. The van der Waals surface area contributed by atoms with Crippen LogP contribution in [-0.4, -0.2) is 16.5 Å². The van der Waals surface area contributed by atoms with Crippen LogP contribution in [0.15, 0.2) is 18.2 Å². The van der Waals surface area contributed by atoms with Gasteiger partial charge in [0.25, 0.3) is 5.69 Å². The monoisotopic (exact) mass is 251 g/mol. The molecule has 1 aromatic rings. The number of hydrogen-bond donors (Lipinski definition) is 2. The molecular formula is C12H17N3O3. The van der Waals surface area contributed by atoms with Gasteiger partial charge in [-0.1, -0.05) is 0 Å². The summed E-state index contributed by atoms with van der Waals surface area (Å²) in [6, 6.07) is 4.12. The Labute approximate surface area is 106 Å². The van der Waals surface area contributed by atoms with Gasteiger partial charge in [0.15, 0.2) is 0 Å². The Hall–Kier alpha value is -2.11. The number of hydrogen-bond acceptors (Lipinski definition) is 3.